The third kappa shape index (κ3) is 3.69. The highest BCUT2D eigenvalue weighted by atomic mass is 16.5. The number of carbonyl (C=O) groups excluding carboxylic acids is 3. The van der Waals surface area contributed by atoms with E-state index in [1.807, 2.05) is 32.0 Å². The molecule has 0 aromatic heterocycles. The standard InChI is InChI=1S/C21H22N2O4/c1-13-7-6-8-14(2)19(13)22-20(25)15-11-18(24)23(12-15)17-10-5-4-9-16(17)21(26)27-3/h4-10,15H,11-12H2,1-3H3,(H,22,25). The molecule has 0 radical (unpaired) electrons. The van der Waals surface area contributed by atoms with Gasteiger partial charge in [0.2, 0.25) is 11.8 Å². The lowest BCUT2D eigenvalue weighted by atomic mass is 10.1. The van der Waals surface area contributed by atoms with E-state index in [0.29, 0.717) is 11.3 Å². The van der Waals surface area contributed by atoms with Crippen molar-refractivity contribution >= 4 is 29.2 Å². The van der Waals surface area contributed by atoms with Crippen LogP contribution in [-0.4, -0.2) is 31.4 Å². The molecule has 0 spiro atoms. The number of nitrogens with one attached hydrogen (secondary N) is 1. The number of para-hydroxylation sites is 2. The van der Waals surface area contributed by atoms with Crippen LogP contribution in [0.5, 0.6) is 0 Å². The van der Waals surface area contributed by atoms with Gasteiger partial charge < -0.3 is 15.0 Å². The third-order valence-corrected chi connectivity index (χ3v) is 4.83. The van der Waals surface area contributed by atoms with Gasteiger partial charge >= 0.3 is 5.97 Å². The summed E-state index contributed by atoms with van der Waals surface area (Å²) in [4.78, 5) is 38.7. The predicted octanol–water partition coefficient (Wildman–Crippen LogP) is 3.08. The molecule has 6 nitrogen and oxygen atoms in total. The highest BCUT2D eigenvalue weighted by Crippen LogP contribution is 2.30. The average Bonchev–Trinajstić information content (AvgIpc) is 3.05. The first kappa shape index (κ1) is 18.6. The van der Waals surface area contributed by atoms with Crippen molar-refractivity contribution in [2.75, 3.05) is 23.9 Å². The molecule has 1 fully saturated rings. The molecule has 0 saturated carbocycles. The Morgan fingerprint density at radius 1 is 1.07 bits per heavy atom. The minimum Gasteiger partial charge on any atom is -0.465 e. The molecule has 1 saturated heterocycles. The number of esters is 1. The second-order valence-corrected chi connectivity index (χ2v) is 6.67. The highest BCUT2D eigenvalue weighted by Gasteiger charge is 2.36. The van der Waals surface area contributed by atoms with Crippen molar-refractivity contribution in [3.05, 3.63) is 59.2 Å². The number of rotatable bonds is 4. The van der Waals surface area contributed by atoms with Crippen LogP contribution in [-0.2, 0) is 14.3 Å². The highest BCUT2D eigenvalue weighted by molar-refractivity contribution is 6.07. The van der Waals surface area contributed by atoms with Crippen molar-refractivity contribution in [3.63, 3.8) is 0 Å². The van der Waals surface area contributed by atoms with Crippen LogP contribution < -0.4 is 10.2 Å². The van der Waals surface area contributed by atoms with Crippen LogP contribution in [0.2, 0.25) is 0 Å². The molecule has 2 aromatic rings. The fraction of sp³-hybridized carbons (Fsp3) is 0.286. The lowest BCUT2D eigenvalue weighted by molar-refractivity contribution is -0.122. The number of aryl methyl sites for hydroxylation is 2. The van der Waals surface area contributed by atoms with Crippen LogP contribution in [0, 0.1) is 19.8 Å². The Balaban J connectivity index is 1.80. The normalized spacial score (nSPS) is 16.3. The number of nitrogens with zero attached hydrogens (tertiary/aromatic N) is 1. The Morgan fingerprint density at radius 2 is 1.74 bits per heavy atom. The fourth-order valence-corrected chi connectivity index (χ4v) is 3.34. The quantitative estimate of drug-likeness (QED) is 0.844. The zero-order valence-corrected chi connectivity index (χ0v) is 15.6. The summed E-state index contributed by atoms with van der Waals surface area (Å²) in [6.45, 7) is 4.09. The Morgan fingerprint density at radius 3 is 2.41 bits per heavy atom. The summed E-state index contributed by atoms with van der Waals surface area (Å²) in [5.41, 5.74) is 3.50. The van der Waals surface area contributed by atoms with Gasteiger partial charge in [-0.3, -0.25) is 9.59 Å². The van der Waals surface area contributed by atoms with Crippen molar-refractivity contribution in [1.82, 2.24) is 0 Å². The molecular formula is C21H22N2O4. The first-order chi connectivity index (χ1) is 12.9. The van der Waals surface area contributed by atoms with Crippen LogP contribution in [0.4, 0.5) is 11.4 Å². The Hall–Kier alpha value is -3.15. The van der Waals surface area contributed by atoms with Gasteiger partial charge in [-0.05, 0) is 37.1 Å². The van der Waals surface area contributed by atoms with E-state index < -0.39 is 11.9 Å². The molecule has 0 aliphatic carbocycles. The number of amides is 2. The van der Waals surface area contributed by atoms with Crippen LogP contribution in [0.15, 0.2) is 42.5 Å². The van der Waals surface area contributed by atoms with Gasteiger partial charge in [-0.25, -0.2) is 4.79 Å². The molecule has 6 heteroatoms. The van der Waals surface area contributed by atoms with Crippen LogP contribution in [0.25, 0.3) is 0 Å². The van der Waals surface area contributed by atoms with Gasteiger partial charge in [0.05, 0.1) is 24.3 Å². The zero-order valence-electron chi connectivity index (χ0n) is 15.6. The molecule has 3 rings (SSSR count). The number of benzene rings is 2. The monoisotopic (exact) mass is 366 g/mol. The second kappa shape index (κ2) is 7.61. The summed E-state index contributed by atoms with van der Waals surface area (Å²) in [6, 6.07) is 12.6. The van der Waals surface area contributed by atoms with Crippen molar-refractivity contribution in [2.45, 2.75) is 20.3 Å². The second-order valence-electron chi connectivity index (χ2n) is 6.67. The lowest BCUT2D eigenvalue weighted by Crippen LogP contribution is -2.29. The molecule has 0 bridgehead atoms. The summed E-state index contributed by atoms with van der Waals surface area (Å²) in [6.07, 6.45) is 0.103. The molecule has 1 aliphatic rings. The fourth-order valence-electron chi connectivity index (χ4n) is 3.34. The van der Waals surface area contributed by atoms with Crippen molar-refractivity contribution in [1.29, 1.82) is 0 Å². The van der Waals surface area contributed by atoms with Crippen LogP contribution in [0.1, 0.15) is 27.9 Å². The largest absolute Gasteiger partial charge is 0.465 e. The maximum atomic E-state index is 12.7. The molecule has 27 heavy (non-hydrogen) atoms. The van der Waals surface area contributed by atoms with Gasteiger partial charge in [0.1, 0.15) is 0 Å². The first-order valence-electron chi connectivity index (χ1n) is 8.77. The zero-order chi connectivity index (χ0) is 19.6. The van der Waals surface area contributed by atoms with E-state index in [9.17, 15) is 14.4 Å². The average molecular weight is 366 g/mol. The maximum Gasteiger partial charge on any atom is 0.339 e. The van der Waals surface area contributed by atoms with E-state index in [1.165, 1.54) is 12.0 Å². The topological polar surface area (TPSA) is 75.7 Å². The molecule has 140 valence electrons. The summed E-state index contributed by atoms with van der Waals surface area (Å²) in [7, 11) is 1.30. The Labute approximate surface area is 158 Å². The molecule has 1 N–H and O–H groups in total. The van der Waals surface area contributed by atoms with Gasteiger partial charge in [-0.2, -0.15) is 0 Å². The molecule has 1 atom stereocenters. The van der Waals surface area contributed by atoms with Crippen molar-refractivity contribution in [3.8, 4) is 0 Å². The summed E-state index contributed by atoms with van der Waals surface area (Å²) >= 11 is 0. The van der Waals surface area contributed by atoms with Gasteiger partial charge in [0.25, 0.3) is 0 Å². The molecule has 1 aliphatic heterocycles. The van der Waals surface area contributed by atoms with E-state index in [1.54, 1.807) is 24.3 Å². The van der Waals surface area contributed by atoms with Gasteiger partial charge in [0.15, 0.2) is 0 Å². The van der Waals surface area contributed by atoms with Crippen LogP contribution >= 0.6 is 0 Å². The molecule has 1 unspecified atom stereocenters. The lowest BCUT2D eigenvalue weighted by Gasteiger charge is -2.19. The molecule has 1 heterocycles. The smallest absolute Gasteiger partial charge is 0.339 e. The number of hydrogen-bond donors (Lipinski definition) is 1. The molecule has 2 amide bonds. The summed E-state index contributed by atoms with van der Waals surface area (Å²) in [5, 5.41) is 2.95. The van der Waals surface area contributed by atoms with E-state index in [-0.39, 0.29) is 24.8 Å². The third-order valence-electron chi connectivity index (χ3n) is 4.83. The molecular weight excluding hydrogens is 344 g/mol. The minimum atomic E-state index is -0.512. The van der Waals surface area contributed by atoms with E-state index >= 15 is 0 Å². The number of anilines is 2. The van der Waals surface area contributed by atoms with Crippen LogP contribution in [0.3, 0.4) is 0 Å². The summed E-state index contributed by atoms with van der Waals surface area (Å²) < 4.78 is 4.80. The van der Waals surface area contributed by atoms with Gasteiger partial charge in [-0.1, -0.05) is 30.3 Å². The number of methoxy groups -OCH3 is 1. The van der Waals surface area contributed by atoms with E-state index in [4.69, 9.17) is 4.74 Å². The van der Waals surface area contributed by atoms with E-state index in [2.05, 4.69) is 5.32 Å². The number of hydrogen-bond acceptors (Lipinski definition) is 4. The SMILES string of the molecule is COC(=O)c1ccccc1N1CC(C(=O)Nc2c(C)cccc2C)CC1=O. The number of ether oxygens (including phenoxy) is 1. The van der Waals surface area contributed by atoms with Crippen molar-refractivity contribution in [2.24, 2.45) is 5.92 Å². The Bertz CT molecular complexity index is 887. The number of carbonyl (C=O) groups is 3. The van der Waals surface area contributed by atoms with E-state index in [0.717, 1.165) is 16.8 Å². The minimum absolute atomic E-state index is 0.103. The van der Waals surface area contributed by atoms with Gasteiger partial charge in [0, 0.05) is 18.7 Å². The Kier molecular flexibility index (Phi) is 5.26. The molecule has 2 aromatic carbocycles. The summed E-state index contributed by atoms with van der Waals surface area (Å²) in [5.74, 6) is -1.38. The van der Waals surface area contributed by atoms with Gasteiger partial charge in [-0.15, -0.1) is 0 Å². The predicted molar refractivity (Wildman–Crippen MR) is 103 cm³/mol. The maximum absolute atomic E-state index is 12.7. The van der Waals surface area contributed by atoms with Crippen molar-refractivity contribution < 1.29 is 19.1 Å². The first-order valence-corrected chi connectivity index (χ1v) is 8.77.